The third kappa shape index (κ3) is 3.93. The van der Waals surface area contributed by atoms with E-state index in [1.807, 2.05) is 41.8 Å². The molecule has 1 aromatic heterocycles. The quantitative estimate of drug-likeness (QED) is 0.819. The van der Waals surface area contributed by atoms with Gasteiger partial charge in [-0.25, -0.2) is 13.1 Å². The SMILES string of the molecule is CCCn1cc(S(=O)(=O)NCc2ccccc2)cc1CN. The molecule has 6 heteroatoms. The summed E-state index contributed by atoms with van der Waals surface area (Å²) < 4.78 is 29.2. The fourth-order valence-electron chi connectivity index (χ4n) is 2.15. The summed E-state index contributed by atoms with van der Waals surface area (Å²) in [6.45, 7) is 3.41. The zero-order valence-electron chi connectivity index (χ0n) is 12.1. The lowest BCUT2D eigenvalue weighted by Crippen LogP contribution is -2.22. The first-order valence-corrected chi connectivity index (χ1v) is 8.48. The molecule has 1 aromatic carbocycles. The molecular formula is C15H21N3O2S. The number of rotatable bonds is 7. The number of nitrogens with zero attached hydrogens (tertiary/aromatic N) is 1. The first kappa shape index (κ1) is 15.8. The lowest BCUT2D eigenvalue weighted by Gasteiger charge is -2.05. The van der Waals surface area contributed by atoms with Gasteiger partial charge in [-0.15, -0.1) is 0 Å². The van der Waals surface area contributed by atoms with Gasteiger partial charge in [-0.3, -0.25) is 0 Å². The van der Waals surface area contributed by atoms with Gasteiger partial charge in [-0.1, -0.05) is 37.3 Å². The highest BCUT2D eigenvalue weighted by molar-refractivity contribution is 7.89. The molecule has 2 aromatic rings. The summed E-state index contributed by atoms with van der Waals surface area (Å²) in [5, 5.41) is 0. The summed E-state index contributed by atoms with van der Waals surface area (Å²) in [6, 6.07) is 11.1. The zero-order chi connectivity index (χ0) is 15.3. The van der Waals surface area contributed by atoms with Crippen molar-refractivity contribution >= 4 is 10.0 Å². The number of sulfonamides is 1. The average molecular weight is 307 g/mol. The topological polar surface area (TPSA) is 77.1 Å². The average Bonchev–Trinajstić information content (AvgIpc) is 2.91. The maximum absolute atomic E-state index is 12.3. The molecule has 0 bridgehead atoms. The zero-order valence-corrected chi connectivity index (χ0v) is 12.9. The molecule has 5 nitrogen and oxygen atoms in total. The van der Waals surface area contributed by atoms with Crippen molar-refractivity contribution < 1.29 is 8.42 Å². The van der Waals surface area contributed by atoms with E-state index >= 15 is 0 Å². The molecule has 0 aliphatic carbocycles. The smallest absolute Gasteiger partial charge is 0.242 e. The van der Waals surface area contributed by atoms with E-state index in [-0.39, 0.29) is 11.4 Å². The molecule has 0 atom stereocenters. The van der Waals surface area contributed by atoms with Crippen LogP contribution in [0.25, 0.3) is 0 Å². The Morgan fingerprint density at radius 1 is 1.24 bits per heavy atom. The summed E-state index contributed by atoms with van der Waals surface area (Å²) in [6.07, 6.45) is 2.58. The van der Waals surface area contributed by atoms with Crippen molar-refractivity contribution in [1.82, 2.24) is 9.29 Å². The van der Waals surface area contributed by atoms with Crippen molar-refractivity contribution in [3.63, 3.8) is 0 Å². The molecule has 0 amide bonds. The van der Waals surface area contributed by atoms with Crippen LogP contribution >= 0.6 is 0 Å². The van der Waals surface area contributed by atoms with Gasteiger partial charge in [0.05, 0.1) is 4.90 Å². The van der Waals surface area contributed by atoms with E-state index in [0.29, 0.717) is 6.54 Å². The van der Waals surface area contributed by atoms with E-state index in [1.165, 1.54) is 0 Å². The fourth-order valence-corrected chi connectivity index (χ4v) is 3.23. The highest BCUT2D eigenvalue weighted by Gasteiger charge is 2.17. The summed E-state index contributed by atoms with van der Waals surface area (Å²) >= 11 is 0. The van der Waals surface area contributed by atoms with E-state index < -0.39 is 10.0 Å². The summed E-state index contributed by atoms with van der Waals surface area (Å²) in [7, 11) is -3.51. The summed E-state index contributed by atoms with van der Waals surface area (Å²) in [5.41, 5.74) is 7.42. The molecule has 0 aliphatic heterocycles. The normalized spacial score (nSPS) is 11.7. The van der Waals surface area contributed by atoms with Gasteiger partial charge in [-0.2, -0.15) is 0 Å². The number of nitrogens with one attached hydrogen (secondary N) is 1. The Kier molecular flexibility index (Phi) is 5.17. The van der Waals surface area contributed by atoms with Crippen LogP contribution in [-0.4, -0.2) is 13.0 Å². The van der Waals surface area contributed by atoms with Gasteiger partial charge in [0.25, 0.3) is 0 Å². The highest BCUT2D eigenvalue weighted by Crippen LogP contribution is 2.15. The van der Waals surface area contributed by atoms with Crippen molar-refractivity contribution in [3.8, 4) is 0 Å². The molecule has 0 unspecified atom stereocenters. The van der Waals surface area contributed by atoms with Gasteiger partial charge in [0.1, 0.15) is 0 Å². The van der Waals surface area contributed by atoms with Crippen molar-refractivity contribution in [3.05, 3.63) is 53.9 Å². The second kappa shape index (κ2) is 6.89. The lowest BCUT2D eigenvalue weighted by molar-refractivity contribution is 0.580. The molecule has 2 rings (SSSR count). The first-order chi connectivity index (χ1) is 10.1. The largest absolute Gasteiger partial charge is 0.349 e. The van der Waals surface area contributed by atoms with Gasteiger partial charge in [0.15, 0.2) is 0 Å². The molecule has 3 N–H and O–H groups in total. The standard InChI is InChI=1S/C15H21N3O2S/c1-2-8-18-12-15(9-14(18)10-16)21(19,20)17-11-13-6-4-3-5-7-13/h3-7,9,12,17H,2,8,10-11,16H2,1H3. The predicted molar refractivity (Wildman–Crippen MR) is 83.1 cm³/mol. The van der Waals surface area contributed by atoms with Crippen molar-refractivity contribution in [2.45, 2.75) is 37.9 Å². The van der Waals surface area contributed by atoms with Crippen molar-refractivity contribution in [2.75, 3.05) is 0 Å². The van der Waals surface area contributed by atoms with Crippen LogP contribution in [0, 0.1) is 0 Å². The first-order valence-electron chi connectivity index (χ1n) is 6.99. The van der Waals surface area contributed by atoms with Gasteiger partial charge >= 0.3 is 0 Å². The van der Waals surface area contributed by atoms with E-state index in [4.69, 9.17) is 5.73 Å². The van der Waals surface area contributed by atoms with E-state index in [1.54, 1.807) is 12.3 Å². The highest BCUT2D eigenvalue weighted by atomic mass is 32.2. The summed E-state index contributed by atoms with van der Waals surface area (Å²) in [5.74, 6) is 0. The van der Waals surface area contributed by atoms with E-state index in [0.717, 1.165) is 24.2 Å². The van der Waals surface area contributed by atoms with Crippen LogP contribution in [0.4, 0.5) is 0 Å². The molecule has 0 saturated carbocycles. The van der Waals surface area contributed by atoms with Crippen LogP contribution in [-0.2, 0) is 29.7 Å². The Morgan fingerprint density at radius 2 is 1.95 bits per heavy atom. The summed E-state index contributed by atoms with van der Waals surface area (Å²) in [4.78, 5) is 0.271. The number of benzene rings is 1. The lowest BCUT2D eigenvalue weighted by atomic mass is 10.2. The third-order valence-electron chi connectivity index (χ3n) is 3.25. The molecular weight excluding hydrogens is 286 g/mol. The number of hydrogen-bond acceptors (Lipinski definition) is 3. The third-order valence-corrected chi connectivity index (χ3v) is 4.62. The maximum atomic E-state index is 12.3. The molecule has 0 saturated heterocycles. The Bertz CT molecular complexity index is 678. The second-order valence-electron chi connectivity index (χ2n) is 4.87. The van der Waals surface area contributed by atoms with Crippen molar-refractivity contribution in [2.24, 2.45) is 5.73 Å². The minimum absolute atomic E-state index is 0.271. The predicted octanol–water partition coefficient (Wildman–Crippen LogP) is 1.84. The molecule has 0 spiro atoms. The number of aromatic nitrogens is 1. The van der Waals surface area contributed by atoms with Gasteiger partial charge in [-0.05, 0) is 18.1 Å². The van der Waals surface area contributed by atoms with Gasteiger partial charge in [0, 0.05) is 31.5 Å². The molecule has 0 radical (unpaired) electrons. The Morgan fingerprint density at radius 3 is 2.57 bits per heavy atom. The van der Waals surface area contributed by atoms with Crippen LogP contribution in [0.5, 0.6) is 0 Å². The van der Waals surface area contributed by atoms with Gasteiger partial charge < -0.3 is 10.3 Å². The number of aryl methyl sites for hydroxylation is 1. The van der Waals surface area contributed by atoms with Crippen LogP contribution in [0.3, 0.4) is 0 Å². The molecule has 1 heterocycles. The van der Waals surface area contributed by atoms with Crippen LogP contribution in [0.2, 0.25) is 0 Å². The van der Waals surface area contributed by atoms with E-state index in [2.05, 4.69) is 4.72 Å². The monoisotopic (exact) mass is 307 g/mol. The molecule has 21 heavy (non-hydrogen) atoms. The Hall–Kier alpha value is -1.63. The van der Waals surface area contributed by atoms with Gasteiger partial charge in [0.2, 0.25) is 10.0 Å². The minimum atomic E-state index is -3.51. The maximum Gasteiger partial charge on any atom is 0.242 e. The Labute approximate surface area is 125 Å². The molecule has 114 valence electrons. The molecule has 0 aliphatic rings. The Balaban J connectivity index is 2.15. The number of hydrogen-bond donors (Lipinski definition) is 2. The second-order valence-corrected chi connectivity index (χ2v) is 6.64. The van der Waals surface area contributed by atoms with Crippen molar-refractivity contribution in [1.29, 1.82) is 0 Å². The van der Waals surface area contributed by atoms with Crippen LogP contribution in [0.1, 0.15) is 24.6 Å². The number of nitrogens with two attached hydrogens (primary N) is 1. The van der Waals surface area contributed by atoms with Crippen LogP contribution < -0.4 is 10.5 Å². The van der Waals surface area contributed by atoms with E-state index in [9.17, 15) is 8.42 Å². The van der Waals surface area contributed by atoms with Crippen LogP contribution in [0.15, 0.2) is 47.5 Å². The minimum Gasteiger partial charge on any atom is -0.349 e. The molecule has 0 fully saturated rings. The fraction of sp³-hybridized carbons (Fsp3) is 0.333.